The number of aromatic nitrogens is 2. The molecule has 1 N–H and O–H groups in total. The van der Waals surface area contributed by atoms with Crippen LogP contribution in [0.2, 0.25) is 0 Å². The summed E-state index contributed by atoms with van der Waals surface area (Å²) >= 11 is 0. The Kier molecular flexibility index (Phi) is 5.20. The molecule has 1 saturated carbocycles. The van der Waals surface area contributed by atoms with E-state index in [0.717, 1.165) is 12.8 Å². The van der Waals surface area contributed by atoms with Crippen molar-refractivity contribution in [1.29, 1.82) is 0 Å². The molecule has 1 heterocycles. The third kappa shape index (κ3) is 3.94. The fraction of sp³-hybridized carbons (Fsp3) is 0.167. The standard InChI is InChI=1S/C24H18F3N3O3S/c1-13-21(7-15(8-22(13)27)24(31)29-19-3-4-19)14-2-5-23-16(6-14)12-28-30(23)34(32,33)20-10-17(25)9-18(26)11-20/h2,5-12,19H,3-4H2,1H3,(H,29,31). The molecule has 174 valence electrons. The molecular formula is C24H18F3N3O3S. The Balaban J connectivity index is 1.57. The Labute approximate surface area is 193 Å². The van der Waals surface area contributed by atoms with Crippen LogP contribution >= 0.6 is 0 Å². The van der Waals surface area contributed by atoms with Gasteiger partial charge in [0.2, 0.25) is 0 Å². The van der Waals surface area contributed by atoms with E-state index in [-0.39, 0.29) is 23.0 Å². The normalized spacial score (nSPS) is 13.9. The fourth-order valence-corrected chi connectivity index (χ4v) is 5.07. The monoisotopic (exact) mass is 485 g/mol. The number of rotatable bonds is 5. The van der Waals surface area contributed by atoms with E-state index in [1.165, 1.54) is 18.3 Å². The number of nitrogens with zero attached hydrogens (tertiary/aromatic N) is 2. The van der Waals surface area contributed by atoms with Gasteiger partial charge in [0.1, 0.15) is 17.5 Å². The lowest BCUT2D eigenvalue weighted by atomic mass is 9.96. The van der Waals surface area contributed by atoms with Crippen molar-refractivity contribution in [3.05, 3.63) is 83.3 Å². The van der Waals surface area contributed by atoms with E-state index in [1.807, 2.05) is 0 Å². The van der Waals surface area contributed by atoms with Crippen LogP contribution in [0.3, 0.4) is 0 Å². The first-order valence-corrected chi connectivity index (χ1v) is 11.9. The average molecular weight is 485 g/mol. The number of benzene rings is 3. The van der Waals surface area contributed by atoms with Gasteiger partial charge in [-0.3, -0.25) is 4.79 Å². The molecule has 1 aromatic heterocycles. The third-order valence-electron chi connectivity index (χ3n) is 5.73. The highest BCUT2D eigenvalue weighted by Gasteiger charge is 2.25. The van der Waals surface area contributed by atoms with Crippen LogP contribution in [0.5, 0.6) is 0 Å². The van der Waals surface area contributed by atoms with Crippen LogP contribution in [-0.2, 0) is 10.0 Å². The van der Waals surface area contributed by atoms with Crippen LogP contribution in [0.25, 0.3) is 22.0 Å². The van der Waals surface area contributed by atoms with Crippen molar-refractivity contribution in [3.8, 4) is 11.1 Å². The van der Waals surface area contributed by atoms with Crippen molar-refractivity contribution in [1.82, 2.24) is 14.5 Å². The summed E-state index contributed by atoms with van der Waals surface area (Å²) in [6, 6.07) is 9.57. The smallest absolute Gasteiger partial charge is 0.283 e. The summed E-state index contributed by atoms with van der Waals surface area (Å²) in [5.74, 6) is -2.95. The van der Waals surface area contributed by atoms with Gasteiger partial charge >= 0.3 is 0 Å². The maximum atomic E-state index is 14.6. The van der Waals surface area contributed by atoms with E-state index in [1.54, 1.807) is 25.1 Å². The minimum atomic E-state index is -4.37. The molecule has 0 bridgehead atoms. The van der Waals surface area contributed by atoms with Gasteiger partial charge in [0.25, 0.3) is 15.9 Å². The summed E-state index contributed by atoms with van der Waals surface area (Å²) in [4.78, 5) is 11.9. The molecule has 0 atom stereocenters. The van der Waals surface area contributed by atoms with Gasteiger partial charge in [0, 0.05) is 23.1 Å². The molecule has 1 fully saturated rings. The molecule has 3 aromatic carbocycles. The van der Waals surface area contributed by atoms with E-state index in [4.69, 9.17) is 0 Å². The Hall–Kier alpha value is -3.66. The van der Waals surface area contributed by atoms with Gasteiger partial charge in [-0.2, -0.15) is 17.6 Å². The molecule has 0 radical (unpaired) electrons. The van der Waals surface area contributed by atoms with Crippen LogP contribution in [-0.4, -0.2) is 29.6 Å². The van der Waals surface area contributed by atoms with E-state index < -0.39 is 32.4 Å². The highest BCUT2D eigenvalue weighted by atomic mass is 32.2. The summed E-state index contributed by atoms with van der Waals surface area (Å²) in [6.07, 6.45) is 3.10. The third-order valence-corrected chi connectivity index (χ3v) is 7.30. The molecule has 1 aliphatic carbocycles. The van der Waals surface area contributed by atoms with E-state index in [9.17, 15) is 26.4 Å². The summed E-state index contributed by atoms with van der Waals surface area (Å²) in [7, 11) is -4.37. The molecular weight excluding hydrogens is 467 g/mol. The Morgan fingerprint density at radius 3 is 2.41 bits per heavy atom. The van der Waals surface area contributed by atoms with Gasteiger partial charge in [-0.1, -0.05) is 6.07 Å². The molecule has 1 amide bonds. The second-order valence-electron chi connectivity index (χ2n) is 8.25. The van der Waals surface area contributed by atoms with Crippen LogP contribution in [0.15, 0.2) is 59.6 Å². The van der Waals surface area contributed by atoms with Gasteiger partial charge in [0.05, 0.1) is 16.6 Å². The molecule has 10 heteroatoms. The molecule has 34 heavy (non-hydrogen) atoms. The minimum absolute atomic E-state index is 0.121. The first kappa shape index (κ1) is 22.1. The first-order chi connectivity index (χ1) is 16.1. The first-order valence-electron chi connectivity index (χ1n) is 10.4. The zero-order valence-electron chi connectivity index (χ0n) is 17.8. The van der Waals surface area contributed by atoms with Gasteiger partial charge in [-0.05, 0) is 72.9 Å². The maximum absolute atomic E-state index is 14.6. The van der Waals surface area contributed by atoms with E-state index >= 15 is 0 Å². The van der Waals surface area contributed by atoms with Crippen LogP contribution in [0.1, 0.15) is 28.8 Å². The van der Waals surface area contributed by atoms with E-state index in [2.05, 4.69) is 10.4 Å². The summed E-state index contributed by atoms with van der Waals surface area (Å²) in [5.41, 5.74) is 1.73. The minimum Gasteiger partial charge on any atom is -0.349 e. The molecule has 4 aromatic rings. The maximum Gasteiger partial charge on any atom is 0.283 e. The number of carbonyl (C=O) groups is 1. The molecule has 5 rings (SSSR count). The Bertz CT molecular complexity index is 1560. The van der Waals surface area contributed by atoms with Crippen LogP contribution < -0.4 is 5.32 Å². The van der Waals surface area contributed by atoms with Gasteiger partial charge < -0.3 is 5.32 Å². The number of carbonyl (C=O) groups excluding carboxylic acids is 1. The molecule has 1 aliphatic rings. The molecule has 0 spiro atoms. The molecule has 0 aliphatic heterocycles. The van der Waals surface area contributed by atoms with Crippen LogP contribution in [0.4, 0.5) is 13.2 Å². The summed E-state index contributed by atoms with van der Waals surface area (Å²) < 4.78 is 68.4. The largest absolute Gasteiger partial charge is 0.349 e. The van der Waals surface area contributed by atoms with Crippen molar-refractivity contribution in [2.45, 2.75) is 30.7 Å². The van der Waals surface area contributed by atoms with Crippen LogP contribution in [0, 0.1) is 24.4 Å². The van der Waals surface area contributed by atoms with Crippen molar-refractivity contribution in [2.24, 2.45) is 0 Å². The predicted octanol–water partition coefficient (Wildman–Crippen LogP) is 4.56. The van der Waals surface area contributed by atoms with Crippen molar-refractivity contribution >= 4 is 26.8 Å². The predicted molar refractivity (Wildman–Crippen MR) is 119 cm³/mol. The van der Waals surface area contributed by atoms with Gasteiger partial charge in [0.15, 0.2) is 0 Å². The Morgan fingerprint density at radius 1 is 1.03 bits per heavy atom. The van der Waals surface area contributed by atoms with Crippen molar-refractivity contribution in [2.75, 3.05) is 0 Å². The molecule has 0 unspecified atom stereocenters. The lowest BCUT2D eigenvalue weighted by Crippen LogP contribution is -2.25. The second-order valence-corrected chi connectivity index (χ2v) is 10.0. The van der Waals surface area contributed by atoms with Crippen molar-refractivity contribution < 1.29 is 26.4 Å². The van der Waals surface area contributed by atoms with Gasteiger partial charge in [-0.25, -0.2) is 13.2 Å². The Morgan fingerprint density at radius 2 is 1.74 bits per heavy atom. The second kappa shape index (κ2) is 7.98. The lowest BCUT2D eigenvalue weighted by molar-refractivity contribution is 0.0950. The number of hydrogen-bond acceptors (Lipinski definition) is 4. The lowest BCUT2D eigenvalue weighted by Gasteiger charge is -2.12. The quantitative estimate of drug-likeness (QED) is 0.450. The van der Waals surface area contributed by atoms with E-state index in [0.29, 0.717) is 44.4 Å². The zero-order chi connectivity index (χ0) is 24.2. The highest BCUT2D eigenvalue weighted by Crippen LogP contribution is 2.31. The zero-order valence-corrected chi connectivity index (χ0v) is 18.7. The fourth-order valence-electron chi connectivity index (χ4n) is 3.75. The highest BCUT2D eigenvalue weighted by molar-refractivity contribution is 7.90. The number of fused-ring (bicyclic) bond motifs is 1. The topological polar surface area (TPSA) is 81.1 Å². The average Bonchev–Trinajstić information content (AvgIpc) is 3.49. The SMILES string of the molecule is Cc1c(F)cc(C(=O)NC2CC2)cc1-c1ccc2c(cnn2S(=O)(=O)c2cc(F)cc(F)c2)c1. The molecule has 0 saturated heterocycles. The number of hydrogen-bond donors (Lipinski definition) is 1. The number of nitrogens with one attached hydrogen (secondary N) is 1. The summed E-state index contributed by atoms with van der Waals surface area (Å²) in [6.45, 7) is 1.59. The molecule has 6 nitrogen and oxygen atoms in total. The summed E-state index contributed by atoms with van der Waals surface area (Å²) in [5, 5.41) is 7.15. The number of halogens is 3. The number of amides is 1. The van der Waals surface area contributed by atoms with Gasteiger partial charge in [-0.15, -0.1) is 0 Å². The van der Waals surface area contributed by atoms with Crippen molar-refractivity contribution in [3.63, 3.8) is 0 Å².